The molecule has 0 radical (unpaired) electrons. The number of anilines is 1. The van der Waals surface area contributed by atoms with Crippen molar-refractivity contribution in [1.82, 2.24) is 14.3 Å². The van der Waals surface area contributed by atoms with E-state index in [1.54, 1.807) is 4.90 Å². The van der Waals surface area contributed by atoms with E-state index < -0.39 is 4.92 Å². The van der Waals surface area contributed by atoms with Gasteiger partial charge in [0.15, 0.2) is 0 Å². The number of nitro groups is 1. The van der Waals surface area contributed by atoms with Crippen LogP contribution in [0.15, 0.2) is 42.5 Å². The van der Waals surface area contributed by atoms with E-state index in [0.717, 1.165) is 16.5 Å². The summed E-state index contributed by atoms with van der Waals surface area (Å²) in [6.45, 7) is 2.19. The molecule has 1 amide bonds. The largest absolute Gasteiger partial charge is 0.343 e. The standard InChI is InChI=1S/C20H17Cl2N5O3S/c21-15-4-1-13(2-5-15)11-18-23-20(31-24-18)26-9-7-25(8-10-26)19(28)14-3-6-16(22)17(12-14)27(29)30/h1-6,12H,7-11H2. The molecule has 1 fully saturated rings. The van der Waals surface area contributed by atoms with E-state index in [2.05, 4.69) is 14.3 Å². The van der Waals surface area contributed by atoms with Crippen LogP contribution in [0, 0.1) is 10.1 Å². The first-order valence-corrected chi connectivity index (χ1v) is 11.0. The Kier molecular flexibility index (Phi) is 6.35. The van der Waals surface area contributed by atoms with Gasteiger partial charge in [-0.1, -0.05) is 35.3 Å². The summed E-state index contributed by atoms with van der Waals surface area (Å²) in [5.41, 5.74) is 1.07. The van der Waals surface area contributed by atoms with E-state index >= 15 is 0 Å². The zero-order chi connectivity index (χ0) is 22.0. The summed E-state index contributed by atoms with van der Waals surface area (Å²) in [5.74, 6) is 0.495. The van der Waals surface area contributed by atoms with Crippen molar-refractivity contribution < 1.29 is 9.72 Å². The minimum Gasteiger partial charge on any atom is -0.343 e. The van der Waals surface area contributed by atoms with Gasteiger partial charge in [-0.25, -0.2) is 4.98 Å². The lowest BCUT2D eigenvalue weighted by Crippen LogP contribution is -2.48. The van der Waals surface area contributed by atoms with Gasteiger partial charge in [-0.15, -0.1) is 0 Å². The first-order valence-electron chi connectivity index (χ1n) is 9.46. The number of benzene rings is 2. The molecule has 2 aromatic carbocycles. The lowest BCUT2D eigenvalue weighted by molar-refractivity contribution is -0.384. The molecule has 0 unspecified atom stereocenters. The van der Waals surface area contributed by atoms with Gasteiger partial charge in [0.05, 0.1) is 4.92 Å². The summed E-state index contributed by atoms with van der Waals surface area (Å²) in [6, 6.07) is 11.7. The predicted molar refractivity (Wildman–Crippen MR) is 120 cm³/mol. The highest BCUT2D eigenvalue weighted by Gasteiger charge is 2.25. The summed E-state index contributed by atoms with van der Waals surface area (Å²) in [4.78, 5) is 31.7. The maximum Gasteiger partial charge on any atom is 0.288 e. The number of halogens is 2. The quantitative estimate of drug-likeness (QED) is 0.401. The molecule has 2 heterocycles. The fraction of sp³-hybridized carbons (Fsp3) is 0.250. The number of hydrogen-bond acceptors (Lipinski definition) is 7. The maximum absolute atomic E-state index is 12.8. The van der Waals surface area contributed by atoms with Crippen LogP contribution in [-0.2, 0) is 6.42 Å². The zero-order valence-corrected chi connectivity index (χ0v) is 18.5. The van der Waals surface area contributed by atoms with Crippen molar-refractivity contribution in [3.63, 3.8) is 0 Å². The molecule has 0 N–H and O–H groups in total. The third-order valence-corrected chi connectivity index (χ3v) is 6.35. The Bertz CT molecular complexity index is 1110. The number of nitrogens with zero attached hydrogens (tertiary/aromatic N) is 5. The third-order valence-electron chi connectivity index (χ3n) is 4.96. The average molecular weight is 478 g/mol. The average Bonchev–Trinajstić information content (AvgIpc) is 3.23. The highest BCUT2D eigenvalue weighted by molar-refractivity contribution is 7.09. The van der Waals surface area contributed by atoms with Crippen LogP contribution in [0.3, 0.4) is 0 Å². The molecule has 31 heavy (non-hydrogen) atoms. The second-order valence-electron chi connectivity index (χ2n) is 7.00. The van der Waals surface area contributed by atoms with Gasteiger partial charge in [-0.2, -0.15) is 4.37 Å². The van der Waals surface area contributed by atoms with E-state index in [9.17, 15) is 14.9 Å². The SMILES string of the molecule is O=C(c1ccc(Cl)c([N+](=O)[O-])c1)N1CCN(c2nc(Cc3ccc(Cl)cc3)ns2)CC1. The number of hydrogen-bond donors (Lipinski definition) is 0. The second-order valence-corrected chi connectivity index (χ2v) is 8.57. The first-order chi connectivity index (χ1) is 14.9. The van der Waals surface area contributed by atoms with E-state index in [1.807, 2.05) is 24.3 Å². The monoisotopic (exact) mass is 477 g/mol. The van der Waals surface area contributed by atoms with Gasteiger partial charge in [0.25, 0.3) is 11.6 Å². The lowest BCUT2D eigenvalue weighted by atomic mass is 10.1. The minimum atomic E-state index is -0.589. The van der Waals surface area contributed by atoms with Gasteiger partial charge in [0.2, 0.25) is 5.13 Å². The van der Waals surface area contributed by atoms with Crippen LogP contribution < -0.4 is 4.90 Å². The number of nitro benzene ring substituents is 1. The van der Waals surface area contributed by atoms with E-state index in [-0.39, 0.29) is 22.2 Å². The van der Waals surface area contributed by atoms with Gasteiger partial charge in [-0.3, -0.25) is 14.9 Å². The molecule has 160 valence electrons. The molecular formula is C20H17Cl2N5O3S. The van der Waals surface area contributed by atoms with Crippen LogP contribution in [0.2, 0.25) is 10.0 Å². The molecule has 0 atom stereocenters. The van der Waals surface area contributed by atoms with E-state index in [4.69, 9.17) is 23.2 Å². The Balaban J connectivity index is 1.37. The Hall–Kier alpha value is -2.75. The lowest BCUT2D eigenvalue weighted by Gasteiger charge is -2.34. The highest BCUT2D eigenvalue weighted by Crippen LogP contribution is 2.26. The zero-order valence-electron chi connectivity index (χ0n) is 16.2. The second kappa shape index (κ2) is 9.17. The van der Waals surface area contributed by atoms with Crippen LogP contribution in [0.4, 0.5) is 10.8 Å². The summed E-state index contributed by atoms with van der Waals surface area (Å²) >= 11 is 13.1. The maximum atomic E-state index is 12.8. The van der Waals surface area contributed by atoms with Crippen molar-refractivity contribution >= 4 is 51.5 Å². The highest BCUT2D eigenvalue weighted by atomic mass is 35.5. The van der Waals surface area contributed by atoms with Gasteiger partial charge >= 0.3 is 0 Å². The van der Waals surface area contributed by atoms with Crippen molar-refractivity contribution in [2.45, 2.75) is 6.42 Å². The molecule has 3 aromatic rings. The molecular weight excluding hydrogens is 461 g/mol. The summed E-state index contributed by atoms with van der Waals surface area (Å²) in [7, 11) is 0. The fourth-order valence-corrected chi connectivity index (χ4v) is 4.35. The van der Waals surface area contributed by atoms with Crippen LogP contribution >= 0.6 is 34.7 Å². The summed E-state index contributed by atoms with van der Waals surface area (Å²) < 4.78 is 4.44. The van der Waals surface area contributed by atoms with Crippen LogP contribution in [0.25, 0.3) is 0 Å². The smallest absolute Gasteiger partial charge is 0.288 e. The Morgan fingerprint density at radius 2 is 1.81 bits per heavy atom. The third kappa shape index (κ3) is 4.95. The molecule has 0 saturated carbocycles. The molecule has 0 bridgehead atoms. The predicted octanol–water partition coefficient (Wildman–Crippen LogP) is 4.31. The number of rotatable bonds is 5. The minimum absolute atomic E-state index is 0.0112. The van der Waals surface area contributed by atoms with Crippen molar-refractivity contribution in [3.8, 4) is 0 Å². The number of amides is 1. The number of carbonyl (C=O) groups is 1. The van der Waals surface area contributed by atoms with Gasteiger partial charge < -0.3 is 9.80 Å². The molecule has 1 aliphatic heterocycles. The molecule has 4 rings (SSSR count). The molecule has 1 aliphatic rings. The van der Waals surface area contributed by atoms with Crippen LogP contribution in [0.1, 0.15) is 21.7 Å². The van der Waals surface area contributed by atoms with Crippen molar-refractivity contribution in [2.24, 2.45) is 0 Å². The van der Waals surface area contributed by atoms with E-state index in [0.29, 0.717) is 37.6 Å². The molecule has 0 aliphatic carbocycles. The van der Waals surface area contributed by atoms with Crippen LogP contribution in [0.5, 0.6) is 0 Å². The Labute approximate surface area is 192 Å². The van der Waals surface area contributed by atoms with Gasteiger partial charge in [0.1, 0.15) is 10.8 Å². The molecule has 1 aromatic heterocycles. The van der Waals surface area contributed by atoms with Gasteiger partial charge in [-0.05, 0) is 29.8 Å². The van der Waals surface area contributed by atoms with Crippen molar-refractivity contribution in [2.75, 3.05) is 31.1 Å². The molecule has 8 nitrogen and oxygen atoms in total. The number of carbonyl (C=O) groups excluding carboxylic acids is 1. The van der Waals surface area contributed by atoms with E-state index in [1.165, 1.54) is 29.7 Å². The summed E-state index contributed by atoms with van der Waals surface area (Å²) in [5, 5.41) is 12.6. The normalized spacial score (nSPS) is 14.0. The molecule has 0 spiro atoms. The van der Waals surface area contributed by atoms with Crippen LogP contribution in [-0.4, -0.2) is 51.3 Å². The number of piperazine rings is 1. The summed E-state index contributed by atoms with van der Waals surface area (Å²) in [6.07, 6.45) is 0.626. The molecule has 11 heteroatoms. The molecule has 1 saturated heterocycles. The first kappa shape index (κ1) is 21.5. The van der Waals surface area contributed by atoms with Crippen molar-refractivity contribution in [3.05, 3.63) is 79.6 Å². The Morgan fingerprint density at radius 3 is 2.48 bits per heavy atom. The topological polar surface area (TPSA) is 92.5 Å². The Morgan fingerprint density at radius 1 is 1.10 bits per heavy atom. The number of aromatic nitrogens is 2. The van der Waals surface area contributed by atoms with Gasteiger partial charge in [0, 0.05) is 60.8 Å². The fourth-order valence-electron chi connectivity index (χ4n) is 3.30. The van der Waals surface area contributed by atoms with Crippen molar-refractivity contribution in [1.29, 1.82) is 0 Å².